The fourth-order valence-corrected chi connectivity index (χ4v) is 3.53. The zero-order valence-corrected chi connectivity index (χ0v) is 14.2. The van der Waals surface area contributed by atoms with E-state index >= 15 is 0 Å². The number of nitrogens with one attached hydrogen (secondary N) is 1. The van der Waals surface area contributed by atoms with E-state index in [1.54, 1.807) is 4.90 Å². The van der Waals surface area contributed by atoms with E-state index < -0.39 is 22.1 Å². The van der Waals surface area contributed by atoms with Crippen molar-refractivity contribution in [2.24, 2.45) is 0 Å². The molecular formula is C15H19F3N2O4S. The molecule has 1 amide bonds. The molecule has 1 saturated heterocycles. The number of sulfonamides is 1. The van der Waals surface area contributed by atoms with Gasteiger partial charge in [0.25, 0.3) is 0 Å². The minimum atomic E-state index is -4.84. The molecule has 0 unspecified atom stereocenters. The first-order valence-corrected chi connectivity index (χ1v) is 9.29. The van der Waals surface area contributed by atoms with E-state index in [2.05, 4.69) is 9.46 Å². The van der Waals surface area contributed by atoms with Crippen LogP contribution in [0.5, 0.6) is 5.75 Å². The van der Waals surface area contributed by atoms with Crippen LogP contribution in [0.15, 0.2) is 29.2 Å². The van der Waals surface area contributed by atoms with Gasteiger partial charge in [-0.25, -0.2) is 13.1 Å². The number of carbonyl (C=O) groups excluding carboxylic acids is 1. The van der Waals surface area contributed by atoms with Crippen LogP contribution in [-0.4, -0.2) is 45.2 Å². The van der Waals surface area contributed by atoms with Crippen molar-refractivity contribution >= 4 is 15.9 Å². The summed E-state index contributed by atoms with van der Waals surface area (Å²) < 4.78 is 66.4. The first kappa shape index (κ1) is 19.5. The second-order valence-corrected chi connectivity index (χ2v) is 7.38. The van der Waals surface area contributed by atoms with Gasteiger partial charge in [0.1, 0.15) is 5.75 Å². The van der Waals surface area contributed by atoms with E-state index in [1.807, 2.05) is 0 Å². The number of ether oxygens (including phenoxy) is 1. The Balaban J connectivity index is 1.87. The summed E-state index contributed by atoms with van der Waals surface area (Å²) in [5, 5.41) is 0. The highest BCUT2D eigenvalue weighted by molar-refractivity contribution is 7.89. The number of hydrogen-bond donors (Lipinski definition) is 1. The average molecular weight is 380 g/mol. The average Bonchev–Trinajstić information content (AvgIpc) is 2.54. The Labute approximate surface area is 144 Å². The van der Waals surface area contributed by atoms with Crippen LogP contribution in [0.25, 0.3) is 0 Å². The smallest absolute Gasteiger partial charge is 0.406 e. The highest BCUT2D eigenvalue weighted by Crippen LogP contribution is 2.23. The lowest BCUT2D eigenvalue weighted by Crippen LogP contribution is -2.37. The van der Waals surface area contributed by atoms with E-state index in [0.29, 0.717) is 13.1 Å². The molecule has 10 heteroatoms. The quantitative estimate of drug-likeness (QED) is 0.822. The Morgan fingerprint density at radius 2 is 1.72 bits per heavy atom. The van der Waals surface area contributed by atoms with Crippen molar-refractivity contribution in [1.29, 1.82) is 0 Å². The predicted octanol–water partition coefficient (Wildman–Crippen LogP) is 2.27. The van der Waals surface area contributed by atoms with Crippen molar-refractivity contribution < 1.29 is 31.1 Å². The van der Waals surface area contributed by atoms with Crippen LogP contribution in [0.3, 0.4) is 0 Å². The molecular weight excluding hydrogens is 361 g/mol. The molecule has 25 heavy (non-hydrogen) atoms. The Morgan fingerprint density at radius 3 is 2.28 bits per heavy atom. The molecule has 0 atom stereocenters. The first-order chi connectivity index (χ1) is 11.7. The lowest BCUT2D eigenvalue weighted by molar-refractivity contribution is -0.274. The molecule has 0 bridgehead atoms. The number of alkyl halides is 3. The molecule has 0 aromatic heterocycles. The fourth-order valence-electron chi connectivity index (χ4n) is 2.50. The number of carbonyl (C=O) groups is 1. The topological polar surface area (TPSA) is 75.7 Å². The van der Waals surface area contributed by atoms with Gasteiger partial charge in [-0.3, -0.25) is 4.79 Å². The molecule has 0 radical (unpaired) electrons. The summed E-state index contributed by atoms with van der Waals surface area (Å²) in [5.41, 5.74) is 0. The third kappa shape index (κ3) is 6.20. The molecule has 6 nitrogen and oxygen atoms in total. The van der Waals surface area contributed by atoms with Gasteiger partial charge in [-0.15, -0.1) is 13.2 Å². The molecule has 1 heterocycles. The van der Waals surface area contributed by atoms with Gasteiger partial charge in [-0.1, -0.05) is 0 Å². The van der Waals surface area contributed by atoms with E-state index in [9.17, 15) is 26.4 Å². The molecule has 1 aliphatic rings. The van der Waals surface area contributed by atoms with Crippen LogP contribution < -0.4 is 9.46 Å². The third-order valence-corrected chi connectivity index (χ3v) is 5.18. The molecule has 0 spiro atoms. The number of rotatable bonds is 6. The molecule has 1 N–H and O–H groups in total. The molecule has 0 aliphatic carbocycles. The van der Waals surface area contributed by atoms with E-state index in [4.69, 9.17) is 0 Å². The van der Waals surface area contributed by atoms with E-state index in [1.165, 1.54) is 0 Å². The summed E-state index contributed by atoms with van der Waals surface area (Å²) in [7, 11) is -3.90. The zero-order valence-electron chi connectivity index (χ0n) is 13.4. The molecule has 1 fully saturated rings. The van der Waals surface area contributed by atoms with Crippen molar-refractivity contribution in [3.63, 3.8) is 0 Å². The van der Waals surface area contributed by atoms with Gasteiger partial charge >= 0.3 is 6.36 Å². The monoisotopic (exact) mass is 380 g/mol. The minimum Gasteiger partial charge on any atom is -0.406 e. The van der Waals surface area contributed by atoms with Crippen molar-refractivity contribution in [3.8, 4) is 5.75 Å². The van der Waals surface area contributed by atoms with Gasteiger partial charge in [0.05, 0.1) is 4.90 Å². The van der Waals surface area contributed by atoms with Crippen LogP contribution >= 0.6 is 0 Å². The molecule has 1 aromatic carbocycles. The summed E-state index contributed by atoms with van der Waals surface area (Å²) in [6, 6.07) is 3.85. The van der Waals surface area contributed by atoms with E-state index in [0.717, 1.165) is 43.5 Å². The molecule has 0 saturated carbocycles. The van der Waals surface area contributed by atoms with Crippen molar-refractivity contribution in [2.45, 2.75) is 36.9 Å². The zero-order chi connectivity index (χ0) is 18.5. The number of halogens is 3. The number of amides is 1. The number of piperidine rings is 1. The van der Waals surface area contributed by atoms with Crippen LogP contribution in [0, 0.1) is 0 Å². The number of benzene rings is 1. The number of likely N-dealkylation sites (tertiary alicyclic amines) is 1. The summed E-state index contributed by atoms with van der Waals surface area (Å²) in [5.74, 6) is -0.622. The number of hydrogen-bond acceptors (Lipinski definition) is 4. The minimum absolute atomic E-state index is 0.0362. The van der Waals surface area contributed by atoms with Gasteiger partial charge in [0, 0.05) is 26.1 Å². The van der Waals surface area contributed by atoms with Crippen molar-refractivity contribution in [2.75, 3.05) is 19.6 Å². The molecule has 2 rings (SSSR count). The highest BCUT2D eigenvalue weighted by Gasteiger charge is 2.31. The van der Waals surface area contributed by atoms with Gasteiger partial charge in [0.15, 0.2) is 0 Å². The third-order valence-electron chi connectivity index (χ3n) is 3.71. The second kappa shape index (κ2) is 8.05. The molecule has 140 valence electrons. The summed E-state index contributed by atoms with van der Waals surface area (Å²) in [6.07, 6.45) is -1.82. The summed E-state index contributed by atoms with van der Waals surface area (Å²) in [6.45, 7) is 1.30. The Hall–Kier alpha value is -1.81. The van der Waals surface area contributed by atoms with Gasteiger partial charge in [0.2, 0.25) is 15.9 Å². The maximum atomic E-state index is 12.1. The lowest BCUT2D eigenvalue weighted by atomic mass is 10.1. The normalized spacial score (nSPS) is 15.9. The van der Waals surface area contributed by atoms with E-state index in [-0.39, 0.29) is 23.8 Å². The largest absolute Gasteiger partial charge is 0.573 e. The summed E-state index contributed by atoms with van der Waals surface area (Å²) in [4.78, 5) is 13.5. The second-order valence-electron chi connectivity index (χ2n) is 5.61. The predicted molar refractivity (Wildman–Crippen MR) is 83.4 cm³/mol. The van der Waals surface area contributed by atoms with Crippen molar-refractivity contribution in [3.05, 3.63) is 24.3 Å². The van der Waals surface area contributed by atoms with Crippen LogP contribution in [0.1, 0.15) is 25.7 Å². The SMILES string of the molecule is O=C(CCNS(=O)(=O)c1ccc(OC(F)(F)F)cc1)N1CCCCC1. The highest BCUT2D eigenvalue weighted by atomic mass is 32.2. The number of nitrogens with zero attached hydrogens (tertiary/aromatic N) is 1. The van der Waals surface area contributed by atoms with Crippen LogP contribution in [-0.2, 0) is 14.8 Å². The van der Waals surface area contributed by atoms with Gasteiger partial charge in [-0.2, -0.15) is 0 Å². The summed E-state index contributed by atoms with van der Waals surface area (Å²) >= 11 is 0. The maximum Gasteiger partial charge on any atom is 0.573 e. The lowest BCUT2D eigenvalue weighted by Gasteiger charge is -2.26. The van der Waals surface area contributed by atoms with Crippen LogP contribution in [0.4, 0.5) is 13.2 Å². The maximum absolute atomic E-state index is 12.1. The standard InChI is InChI=1S/C15H19F3N2O4S/c16-15(17,18)24-12-4-6-13(7-5-12)25(22,23)19-9-8-14(21)20-10-2-1-3-11-20/h4-7,19H,1-3,8-11H2. The Bertz CT molecular complexity index is 684. The Morgan fingerprint density at radius 1 is 1.12 bits per heavy atom. The van der Waals surface area contributed by atoms with Crippen molar-refractivity contribution in [1.82, 2.24) is 9.62 Å². The Kier molecular flexibility index (Phi) is 6.28. The first-order valence-electron chi connectivity index (χ1n) is 7.81. The molecule has 1 aromatic rings. The van der Waals surface area contributed by atoms with Gasteiger partial charge in [-0.05, 0) is 43.5 Å². The van der Waals surface area contributed by atoms with Crippen LogP contribution in [0.2, 0.25) is 0 Å². The molecule has 1 aliphatic heterocycles. The fraction of sp³-hybridized carbons (Fsp3) is 0.533. The van der Waals surface area contributed by atoms with Gasteiger partial charge < -0.3 is 9.64 Å².